The van der Waals surface area contributed by atoms with Crippen molar-refractivity contribution < 1.29 is 9.18 Å². The molecule has 2 rings (SSSR count). The van der Waals surface area contributed by atoms with Crippen molar-refractivity contribution in [2.75, 3.05) is 39.8 Å². The molecule has 1 saturated heterocycles. The van der Waals surface area contributed by atoms with Crippen LogP contribution in [0.5, 0.6) is 0 Å². The molecular formula is C15H23Cl3FN3O. The second-order valence-electron chi connectivity index (χ2n) is 5.21. The van der Waals surface area contributed by atoms with Gasteiger partial charge in [-0.15, -0.1) is 24.8 Å². The van der Waals surface area contributed by atoms with Crippen LogP contribution in [0.25, 0.3) is 0 Å². The molecule has 0 aromatic heterocycles. The van der Waals surface area contributed by atoms with Gasteiger partial charge in [-0.3, -0.25) is 9.69 Å². The minimum Gasteiger partial charge on any atom is -0.340 e. The van der Waals surface area contributed by atoms with Crippen molar-refractivity contribution in [2.45, 2.75) is 13.0 Å². The maximum atomic E-state index is 13.8. The molecular weight excluding hydrogens is 364 g/mol. The Hall–Kier alpha value is -0.590. The summed E-state index contributed by atoms with van der Waals surface area (Å²) in [7, 11) is 1.84. The molecule has 132 valence electrons. The van der Waals surface area contributed by atoms with E-state index >= 15 is 0 Å². The lowest BCUT2D eigenvalue weighted by molar-refractivity contribution is -0.132. The average molecular weight is 387 g/mol. The topological polar surface area (TPSA) is 35.6 Å². The van der Waals surface area contributed by atoms with Gasteiger partial charge in [-0.2, -0.15) is 0 Å². The van der Waals surface area contributed by atoms with Crippen molar-refractivity contribution in [3.63, 3.8) is 0 Å². The van der Waals surface area contributed by atoms with Crippen molar-refractivity contribution in [3.8, 4) is 0 Å². The van der Waals surface area contributed by atoms with E-state index in [2.05, 4.69) is 10.2 Å². The van der Waals surface area contributed by atoms with Crippen LogP contribution < -0.4 is 5.32 Å². The van der Waals surface area contributed by atoms with Gasteiger partial charge in [-0.25, -0.2) is 4.39 Å². The van der Waals surface area contributed by atoms with Crippen LogP contribution in [-0.2, 0) is 11.3 Å². The van der Waals surface area contributed by atoms with Crippen LogP contribution in [0.3, 0.4) is 0 Å². The number of nitrogens with zero attached hydrogens (tertiary/aromatic N) is 2. The Morgan fingerprint density at radius 2 is 1.91 bits per heavy atom. The van der Waals surface area contributed by atoms with E-state index in [1.54, 1.807) is 12.1 Å². The van der Waals surface area contributed by atoms with Gasteiger partial charge in [0, 0.05) is 56.3 Å². The first-order valence-corrected chi connectivity index (χ1v) is 7.57. The largest absolute Gasteiger partial charge is 0.340 e. The number of hydrogen-bond donors (Lipinski definition) is 1. The summed E-state index contributed by atoms with van der Waals surface area (Å²) < 4.78 is 13.8. The third-order valence-corrected chi connectivity index (χ3v) is 4.11. The van der Waals surface area contributed by atoms with E-state index < -0.39 is 0 Å². The number of carbonyl (C=O) groups excluding carboxylic acids is 1. The van der Waals surface area contributed by atoms with Crippen LogP contribution in [0.1, 0.15) is 12.0 Å². The molecule has 0 aliphatic carbocycles. The molecule has 0 atom stereocenters. The lowest BCUT2D eigenvalue weighted by Gasteiger charge is -2.35. The molecule has 1 aromatic rings. The summed E-state index contributed by atoms with van der Waals surface area (Å²) in [5, 5.41) is 3.44. The zero-order valence-corrected chi connectivity index (χ0v) is 15.4. The highest BCUT2D eigenvalue weighted by atomic mass is 35.5. The molecule has 0 saturated carbocycles. The lowest BCUT2D eigenvalue weighted by atomic mass is 10.1. The van der Waals surface area contributed by atoms with E-state index in [1.165, 1.54) is 6.07 Å². The standard InChI is InChI=1S/C15H21ClFN3O.2ClH/c1-18-6-5-15(21)20-9-7-19(8-10-20)11-12-13(16)3-2-4-14(12)17;;/h2-4,18H,5-11H2,1H3;2*1H. The van der Waals surface area contributed by atoms with Gasteiger partial charge in [-0.05, 0) is 19.2 Å². The zero-order valence-electron chi connectivity index (χ0n) is 13.1. The minimum absolute atomic E-state index is 0. The fourth-order valence-electron chi connectivity index (χ4n) is 2.45. The Bertz CT molecular complexity index is 477. The number of halogens is 4. The quantitative estimate of drug-likeness (QED) is 0.845. The molecule has 1 aliphatic heterocycles. The lowest BCUT2D eigenvalue weighted by Crippen LogP contribution is -2.48. The molecule has 0 bridgehead atoms. The van der Waals surface area contributed by atoms with Gasteiger partial charge in [0.25, 0.3) is 0 Å². The molecule has 1 amide bonds. The van der Waals surface area contributed by atoms with Crippen molar-refractivity contribution in [1.82, 2.24) is 15.1 Å². The highest BCUT2D eigenvalue weighted by molar-refractivity contribution is 6.31. The number of carbonyl (C=O) groups is 1. The summed E-state index contributed by atoms with van der Waals surface area (Å²) in [5.41, 5.74) is 0.536. The molecule has 0 radical (unpaired) electrons. The summed E-state index contributed by atoms with van der Waals surface area (Å²) >= 11 is 6.05. The Morgan fingerprint density at radius 1 is 1.26 bits per heavy atom. The monoisotopic (exact) mass is 385 g/mol. The van der Waals surface area contributed by atoms with Crippen LogP contribution in [-0.4, -0.2) is 55.5 Å². The normalized spacial score (nSPS) is 14.8. The van der Waals surface area contributed by atoms with Gasteiger partial charge in [0.1, 0.15) is 5.82 Å². The molecule has 4 nitrogen and oxygen atoms in total. The first-order chi connectivity index (χ1) is 10.1. The summed E-state index contributed by atoms with van der Waals surface area (Å²) in [6.45, 7) is 4.06. The number of hydrogen-bond acceptors (Lipinski definition) is 3. The number of piperazine rings is 1. The Labute approximate surface area is 154 Å². The third-order valence-electron chi connectivity index (χ3n) is 3.76. The van der Waals surface area contributed by atoms with E-state index in [1.807, 2.05) is 11.9 Å². The van der Waals surface area contributed by atoms with E-state index in [0.29, 0.717) is 43.2 Å². The minimum atomic E-state index is -0.268. The number of rotatable bonds is 5. The fourth-order valence-corrected chi connectivity index (χ4v) is 2.68. The Kier molecular flexibility index (Phi) is 10.8. The molecule has 0 spiro atoms. The second kappa shape index (κ2) is 11.0. The van der Waals surface area contributed by atoms with Crippen LogP contribution in [0.15, 0.2) is 18.2 Å². The van der Waals surface area contributed by atoms with Crippen LogP contribution >= 0.6 is 36.4 Å². The molecule has 0 unspecified atom stereocenters. The van der Waals surface area contributed by atoms with E-state index in [9.17, 15) is 9.18 Å². The maximum absolute atomic E-state index is 13.8. The second-order valence-corrected chi connectivity index (χ2v) is 5.62. The zero-order chi connectivity index (χ0) is 15.2. The Morgan fingerprint density at radius 3 is 2.48 bits per heavy atom. The van der Waals surface area contributed by atoms with Crippen LogP contribution in [0.4, 0.5) is 4.39 Å². The summed E-state index contributed by atoms with van der Waals surface area (Å²) in [6.07, 6.45) is 0.523. The van der Waals surface area contributed by atoms with Crippen molar-refractivity contribution >= 4 is 42.3 Å². The average Bonchev–Trinajstić information content (AvgIpc) is 2.49. The van der Waals surface area contributed by atoms with Crippen LogP contribution in [0.2, 0.25) is 5.02 Å². The molecule has 1 N–H and O–H groups in total. The maximum Gasteiger partial charge on any atom is 0.223 e. The van der Waals surface area contributed by atoms with Gasteiger partial charge in [0.05, 0.1) is 0 Å². The summed E-state index contributed by atoms with van der Waals surface area (Å²) in [4.78, 5) is 15.9. The first kappa shape index (κ1) is 22.4. The molecule has 1 aromatic carbocycles. The predicted molar refractivity (Wildman–Crippen MR) is 96.3 cm³/mol. The predicted octanol–water partition coefficient (Wildman–Crippen LogP) is 2.58. The van der Waals surface area contributed by atoms with Gasteiger partial charge in [0.2, 0.25) is 5.91 Å². The molecule has 1 heterocycles. The van der Waals surface area contributed by atoms with Gasteiger partial charge >= 0.3 is 0 Å². The summed E-state index contributed by atoms with van der Waals surface area (Å²) in [5.74, 6) is -0.0945. The number of nitrogens with one attached hydrogen (secondary N) is 1. The Balaban J connectivity index is 0.00000242. The molecule has 23 heavy (non-hydrogen) atoms. The first-order valence-electron chi connectivity index (χ1n) is 7.19. The summed E-state index contributed by atoms with van der Waals surface area (Å²) in [6, 6.07) is 4.75. The number of benzene rings is 1. The van der Waals surface area contributed by atoms with Gasteiger partial charge in [0.15, 0.2) is 0 Å². The van der Waals surface area contributed by atoms with Crippen molar-refractivity contribution in [2.24, 2.45) is 0 Å². The SMILES string of the molecule is CNCCC(=O)N1CCN(Cc2c(F)cccc2Cl)CC1.Cl.Cl. The molecule has 1 aliphatic rings. The van der Waals surface area contributed by atoms with E-state index in [-0.39, 0.29) is 36.5 Å². The van der Waals surface area contributed by atoms with Gasteiger partial charge < -0.3 is 10.2 Å². The molecule has 8 heteroatoms. The number of amides is 1. The van der Waals surface area contributed by atoms with Gasteiger partial charge in [-0.1, -0.05) is 17.7 Å². The smallest absolute Gasteiger partial charge is 0.223 e. The highest BCUT2D eigenvalue weighted by Crippen LogP contribution is 2.21. The third kappa shape index (κ3) is 6.43. The van der Waals surface area contributed by atoms with E-state index in [0.717, 1.165) is 13.1 Å². The van der Waals surface area contributed by atoms with Crippen molar-refractivity contribution in [3.05, 3.63) is 34.6 Å². The fraction of sp³-hybridized carbons (Fsp3) is 0.533. The molecule has 1 fully saturated rings. The van der Waals surface area contributed by atoms with Crippen LogP contribution in [0, 0.1) is 5.82 Å². The van der Waals surface area contributed by atoms with Crippen molar-refractivity contribution in [1.29, 1.82) is 0 Å². The highest BCUT2D eigenvalue weighted by Gasteiger charge is 2.21. The van der Waals surface area contributed by atoms with E-state index in [4.69, 9.17) is 11.6 Å².